The molecule has 0 bridgehead atoms. The van der Waals surface area contributed by atoms with Gasteiger partial charge in [0.1, 0.15) is 6.29 Å². The molecule has 0 amide bonds. The summed E-state index contributed by atoms with van der Waals surface area (Å²) in [7, 11) is 0. The van der Waals surface area contributed by atoms with Crippen LogP contribution in [0.3, 0.4) is 0 Å². The van der Waals surface area contributed by atoms with Gasteiger partial charge in [-0.2, -0.15) is 0 Å². The Balaban J connectivity index is 2.26. The topological polar surface area (TPSA) is 17.1 Å². The van der Waals surface area contributed by atoms with E-state index in [0.717, 1.165) is 25.0 Å². The van der Waals surface area contributed by atoms with E-state index < -0.39 is 0 Å². The van der Waals surface area contributed by atoms with E-state index in [-0.39, 0.29) is 0 Å². The molecule has 18 heavy (non-hydrogen) atoms. The van der Waals surface area contributed by atoms with Crippen molar-refractivity contribution in [3.8, 4) is 0 Å². The molecule has 1 heteroatoms. The maximum absolute atomic E-state index is 10.2. The smallest absolute Gasteiger partial charge is 0.119 e. The Kier molecular flexibility index (Phi) is 6.67. The normalized spacial score (nSPS) is 20.8. The van der Waals surface area contributed by atoms with E-state index in [1.54, 1.807) is 5.57 Å². The zero-order valence-electron chi connectivity index (χ0n) is 12.5. The van der Waals surface area contributed by atoms with Crippen LogP contribution in [0.4, 0.5) is 0 Å². The molecule has 0 N–H and O–H groups in total. The second-order valence-corrected chi connectivity index (χ2v) is 6.43. The fourth-order valence-electron chi connectivity index (χ4n) is 2.94. The zero-order valence-corrected chi connectivity index (χ0v) is 12.5. The van der Waals surface area contributed by atoms with Crippen molar-refractivity contribution in [2.75, 3.05) is 0 Å². The first-order valence-corrected chi connectivity index (χ1v) is 7.71. The number of aldehydes is 1. The molecule has 104 valence electrons. The van der Waals surface area contributed by atoms with Crippen LogP contribution in [0.15, 0.2) is 11.6 Å². The molecular weight excluding hydrogens is 220 g/mol. The van der Waals surface area contributed by atoms with Crippen molar-refractivity contribution >= 4 is 6.29 Å². The highest BCUT2D eigenvalue weighted by Crippen LogP contribution is 2.41. The largest absolute Gasteiger partial charge is 0.303 e. The standard InChI is InChI=1S/C17H30O/c1-4-17(2,3)16-12-10-15(11-13-16)9-7-5-6-8-14-18/h9,14,16H,4-8,10-13H2,1-3H3. The summed E-state index contributed by atoms with van der Waals surface area (Å²) in [4.78, 5) is 10.2. The molecule has 0 saturated heterocycles. The summed E-state index contributed by atoms with van der Waals surface area (Å²) in [6, 6.07) is 0. The molecule has 0 aromatic rings. The SMILES string of the molecule is CCC(C)(C)C1CCC(=CCCCCC=O)CC1. The summed E-state index contributed by atoms with van der Waals surface area (Å²) in [5.74, 6) is 0.912. The van der Waals surface area contributed by atoms with E-state index >= 15 is 0 Å². The van der Waals surface area contributed by atoms with Gasteiger partial charge in [-0.3, -0.25) is 0 Å². The first kappa shape index (κ1) is 15.5. The maximum atomic E-state index is 10.2. The molecule has 0 unspecified atom stereocenters. The second kappa shape index (κ2) is 7.76. The highest BCUT2D eigenvalue weighted by Gasteiger charge is 2.29. The molecule has 1 aliphatic rings. The number of allylic oxidation sites excluding steroid dienone is 2. The van der Waals surface area contributed by atoms with Crippen LogP contribution < -0.4 is 0 Å². The Morgan fingerprint density at radius 1 is 1.17 bits per heavy atom. The number of carbonyl (C=O) groups is 1. The molecular formula is C17H30O. The van der Waals surface area contributed by atoms with E-state index in [4.69, 9.17) is 0 Å². The van der Waals surface area contributed by atoms with Crippen LogP contribution in [0.1, 0.15) is 78.6 Å². The van der Waals surface area contributed by atoms with Crippen molar-refractivity contribution < 1.29 is 4.79 Å². The van der Waals surface area contributed by atoms with E-state index in [2.05, 4.69) is 26.8 Å². The van der Waals surface area contributed by atoms with Gasteiger partial charge < -0.3 is 4.79 Å². The second-order valence-electron chi connectivity index (χ2n) is 6.43. The van der Waals surface area contributed by atoms with Gasteiger partial charge in [0, 0.05) is 6.42 Å². The zero-order chi connectivity index (χ0) is 13.4. The third-order valence-electron chi connectivity index (χ3n) is 4.85. The third-order valence-corrected chi connectivity index (χ3v) is 4.85. The molecule has 0 radical (unpaired) electrons. The molecule has 1 aliphatic carbocycles. The van der Waals surface area contributed by atoms with Gasteiger partial charge in [-0.25, -0.2) is 0 Å². The lowest BCUT2D eigenvalue weighted by Gasteiger charge is -2.37. The van der Waals surface area contributed by atoms with E-state index in [0.29, 0.717) is 5.41 Å². The lowest BCUT2D eigenvalue weighted by molar-refractivity contribution is -0.107. The van der Waals surface area contributed by atoms with Gasteiger partial charge in [0.2, 0.25) is 0 Å². The summed E-state index contributed by atoms with van der Waals surface area (Å²) < 4.78 is 0. The van der Waals surface area contributed by atoms with Crippen LogP contribution in [0.2, 0.25) is 0 Å². The average Bonchev–Trinajstić information content (AvgIpc) is 2.39. The fourth-order valence-corrected chi connectivity index (χ4v) is 2.94. The van der Waals surface area contributed by atoms with Gasteiger partial charge in [-0.1, -0.05) is 38.8 Å². The van der Waals surface area contributed by atoms with Crippen LogP contribution in [0.5, 0.6) is 0 Å². The van der Waals surface area contributed by atoms with Crippen molar-refractivity contribution in [2.24, 2.45) is 11.3 Å². The predicted molar refractivity (Wildman–Crippen MR) is 78.6 cm³/mol. The van der Waals surface area contributed by atoms with Crippen molar-refractivity contribution in [2.45, 2.75) is 78.6 Å². The van der Waals surface area contributed by atoms with Gasteiger partial charge in [0.05, 0.1) is 0 Å². The lowest BCUT2D eigenvalue weighted by Crippen LogP contribution is -2.25. The first-order valence-electron chi connectivity index (χ1n) is 7.71. The molecule has 0 aliphatic heterocycles. The number of hydrogen-bond donors (Lipinski definition) is 0. The summed E-state index contributed by atoms with van der Waals surface area (Å²) in [5, 5.41) is 0. The first-order chi connectivity index (χ1) is 8.60. The molecule has 0 heterocycles. The summed E-state index contributed by atoms with van der Waals surface area (Å²) in [5.41, 5.74) is 2.19. The lowest BCUT2D eigenvalue weighted by atomic mass is 9.69. The maximum Gasteiger partial charge on any atom is 0.119 e. The van der Waals surface area contributed by atoms with Crippen LogP contribution in [0.25, 0.3) is 0 Å². The minimum Gasteiger partial charge on any atom is -0.303 e. The van der Waals surface area contributed by atoms with Gasteiger partial charge in [-0.15, -0.1) is 0 Å². The van der Waals surface area contributed by atoms with Gasteiger partial charge >= 0.3 is 0 Å². The number of hydrogen-bond acceptors (Lipinski definition) is 1. The quantitative estimate of drug-likeness (QED) is 0.340. The monoisotopic (exact) mass is 250 g/mol. The van der Waals surface area contributed by atoms with Gasteiger partial charge in [0.25, 0.3) is 0 Å². The van der Waals surface area contributed by atoms with Crippen LogP contribution >= 0.6 is 0 Å². The Morgan fingerprint density at radius 3 is 2.33 bits per heavy atom. The van der Waals surface area contributed by atoms with Crippen LogP contribution in [-0.4, -0.2) is 6.29 Å². The van der Waals surface area contributed by atoms with Crippen LogP contribution in [-0.2, 0) is 4.79 Å². The van der Waals surface area contributed by atoms with Crippen LogP contribution in [0, 0.1) is 11.3 Å². The number of carbonyl (C=O) groups excluding carboxylic acids is 1. The van der Waals surface area contributed by atoms with Crippen molar-refractivity contribution in [1.29, 1.82) is 0 Å². The molecule has 0 aromatic heterocycles. The minimum atomic E-state index is 0.523. The van der Waals surface area contributed by atoms with E-state index in [9.17, 15) is 4.79 Å². The Bertz CT molecular complexity index is 265. The van der Waals surface area contributed by atoms with Crippen molar-refractivity contribution in [1.82, 2.24) is 0 Å². The van der Waals surface area contributed by atoms with Crippen molar-refractivity contribution in [3.05, 3.63) is 11.6 Å². The molecule has 1 saturated carbocycles. The highest BCUT2D eigenvalue weighted by molar-refractivity contribution is 5.48. The minimum absolute atomic E-state index is 0.523. The highest BCUT2D eigenvalue weighted by atomic mass is 16.1. The predicted octanol–water partition coefficient (Wildman–Crippen LogP) is 5.30. The fraction of sp³-hybridized carbons (Fsp3) is 0.824. The molecule has 0 spiro atoms. The molecule has 0 aromatic carbocycles. The third kappa shape index (κ3) is 4.96. The average molecular weight is 250 g/mol. The van der Waals surface area contributed by atoms with E-state index in [1.165, 1.54) is 44.9 Å². The van der Waals surface area contributed by atoms with Gasteiger partial charge in [-0.05, 0) is 56.3 Å². The molecule has 0 atom stereocenters. The molecule has 1 fully saturated rings. The summed E-state index contributed by atoms with van der Waals surface area (Å²) in [6.07, 6.45) is 14.3. The number of unbranched alkanes of at least 4 members (excludes halogenated alkanes) is 3. The Morgan fingerprint density at radius 2 is 1.78 bits per heavy atom. The van der Waals surface area contributed by atoms with E-state index in [1.807, 2.05) is 0 Å². The molecule has 1 rings (SSSR count). The Labute approximate surface area is 113 Å². The van der Waals surface area contributed by atoms with Gasteiger partial charge in [0.15, 0.2) is 0 Å². The Hall–Kier alpha value is -0.590. The van der Waals surface area contributed by atoms with Crippen molar-refractivity contribution in [3.63, 3.8) is 0 Å². The summed E-state index contributed by atoms with van der Waals surface area (Å²) >= 11 is 0. The molecule has 1 nitrogen and oxygen atoms in total. The summed E-state index contributed by atoms with van der Waals surface area (Å²) in [6.45, 7) is 7.16. The number of rotatable bonds is 7.